The van der Waals surface area contributed by atoms with Crippen molar-refractivity contribution < 1.29 is 32.2 Å². The average molecular weight is 571 g/mol. The number of nitrogens with zero attached hydrogens (tertiary/aromatic N) is 2. The lowest BCUT2D eigenvalue weighted by Gasteiger charge is -2.35. The smallest absolute Gasteiger partial charge is 0.346 e. The molecular formula is C23H25ClFN4O6PS. The number of carbonyl (C=O) groups excluding carboxylic acids is 1. The SMILES string of the molecule is CC(C)(C)[C@H]1C(O)=C(C2=NP(=O)(O)c3cc(NS(C)(=O)=O)ccc3N2)C(=O)N1Cc1ccc(F)c(Cl)c1. The first kappa shape index (κ1) is 27.1. The minimum atomic E-state index is -4.47. The van der Waals surface area contributed by atoms with Crippen LogP contribution >= 0.6 is 19.1 Å². The molecule has 2 aliphatic rings. The second-order valence-electron chi connectivity index (χ2n) is 9.93. The summed E-state index contributed by atoms with van der Waals surface area (Å²) in [6, 6.07) is 7.13. The average Bonchev–Trinajstić information content (AvgIpc) is 2.99. The third-order valence-corrected chi connectivity index (χ3v) is 8.16. The zero-order valence-electron chi connectivity index (χ0n) is 20.3. The van der Waals surface area contributed by atoms with E-state index < -0.39 is 40.7 Å². The maximum Gasteiger partial charge on any atom is 0.346 e. The highest BCUT2D eigenvalue weighted by Crippen LogP contribution is 2.48. The van der Waals surface area contributed by atoms with Crippen LogP contribution in [0.5, 0.6) is 0 Å². The number of halogens is 2. The molecule has 4 N–H and O–H groups in total. The van der Waals surface area contributed by atoms with E-state index in [0.717, 1.165) is 6.26 Å². The maximum absolute atomic E-state index is 13.7. The molecule has 2 heterocycles. The number of nitrogens with one attached hydrogen (secondary N) is 2. The number of hydrogen-bond acceptors (Lipinski definition) is 6. The van der Waals surface area contributed by atoms with E-state index in [1.54, 1.807) is 0 Å². The van der Waals surface area contributed by atoms with Crippen LogP contribution in [-0.4, -0.2) is 47.4 Å². The molecule has 0 aromatic heterocycles. The molecule has 2 atom stereocenters. The molecule has 2 aromatic carbocycles. The van der Waals surface area contributed by atoms with Gasteiger partial charge in [-0.25, -0.2) is 12.8 Å². The van der Waals surface area contributed by atoms with Crippen molar-refractivity contribution in [2.24, 2.45) is 10.2 Å². The van der Waals surface area contributed by atoms with Crippen molar-refractivity contribution >= 4 is 57.6 Å². The number of rotatable bonds is 5. The van der Waals surface area contributed by atoms with Gasteiger partial charge in [0.2, 0.25) is 10.0 Å². The monoisotopic (exact) mass is 570 g/mol. The standard InChI is InChI=1S/C23H25ClFN4O6PS/c1-23(2,3)20-19(30)18(22(31)29(20)11-12-5-7-15(25)14(24)9-12)21-26-16-8-6-13(28-37(4,34)35)10-17(16)36(32,33)27-21/h5-10,20,28,30H,11H2,1-4H3,(H2,26,27,32,33)/t20-/m1/s1. The van der Waals surface area contributed by atoms with E-state index in [0.29, 0.717) is 5.56 Å². The number of amidine groups is 1. The molecule has 4 rings (SSSR count). The summed E-state index contributed by atoms with van der Waals surface area (Å²) >= 11 is 5.90. The second kappa shape index (κ2) is 9.13. The molecule has 0 radical (unpaired) electrons. The normalized spacial score (nSPS) is 22.0. The quantitative estimate of drug-likeness (QED) is 0.400. The van der Waals surface area contributed by atoms with Gasteiger partial charge in [-0.05, 0) is 41.3 Å². The molecule has 2 aromatic rings. The molecular weight excluding hydrogens is 546 g/mol. The molecule has 37 heavy (non-hydrogen) atoms. The number of sulfonamides is 1. The van der Waals surface area contributed by atoms with Crippen LogP contribution in [0.1, 0.15) is 26.3 Å². The largest absolute Gasteiger partial charge is 0.509 e. The van der Waals surface area contributed by atoms with Gasteiger partial charge in [0, 0.05) is 12.2 Å². The van der Waals surface area contributed by atoms with Gasteiger partial charge in [-0.1, -0.05) is 38.4 Å². The van der Waals surface area contributed by atoms with Crippen molar-refractivity contribution in [1.82, 2.24) is 4.90 Å². The van der Waals surface area contributed by atoms with Gasteiger partial charge in [0.05, 0.1) is 28.3 Å². The molecule has 10 nitrogen and oxygen atoms in total. The molecule has 0 spiro atoms. The second-order valence-corrected chi connectivity index (χ2v) is 13.9. The highest BCUT2D eigenvalue weighted by molar-refractivity contribution is 7.92. The predicted octanol–water partition coefficient (Wildman–Crippen LogP) is 3.75. The zero-order valence-corrected chi connectivity index (χ0v) is 22.7. The molecule has 0 fully saturated rings. The van der Waals surface area contributed by atoms with Gasteiger partial charge in [0.1, 0.15) is 17.1 Å². The van der Waals surface area contributed by atoms with E-state index in [9.17, 15) is 32.2 Å². The number of aliphatic hydroxyl groups is 1. The summed E-state index contributed by atoms with van der Waals surface area (Å²) in [6.45, 7) is 5.42. The molecule has 14 heteroatoms. The van der Waals surface area contributed by atoms with Crippen LogP contribution in [0.3, 0.4) is 0 Å². The van der Waals surface area contributed by atoms with Crippen molar-refractivity contribution in [3.05, 3.63) is 64.1 Å². The lowest BCUT2D eigenvalue weighted by Crippen LogP contribution is -2.43. The lowest BCUT2D eigenvalue weighted by molar-refractivity contribution is -0.129. The van der Waals surface area contributed by atoms with Crippen molar-refractivity contribution in [1.29, 1.82) is 0 Å². The Morgan fingerprint density at radius 1 is 1.24 bits per heavy atom. The van der Waals surface area contributed by atoms with E-state index in [4.69, 9.17) is 11.6 Å². The van der Waals surface area contributed by atoms with Gasteiger partial charge in [0.25, 0.3) is 5.91 Å². The van der Waals surface area contributed by atoms with Crippen molar-refractivity contribution in [3.63, 3.8) is 0 Å². The first-order valence-electron chi connectivity index (χ1n) is 11.0. The predicted molar refractivity (Wildman–Crippen MR) is 140 cm³/mol. The van der Waals surface area contributed by atoms with Crippen LogP contribution in [-0.2, 0) is 25.9 Å². The summed E-state index contributed by atoms with van der Waals surface area (Å²) in [5.41, 5.74) is -0.226. The lowest BCUT2D eigenvalue weighted by atomic mass is 9.85. The molecule has 2 aliphatic heterocycles. The summed E-state index contributed by atoms with van der Waals surface area (Å²) < 4.78 is 56.0. The van der Waals surface area contributed by atoms with Gasteiger partial charge in [-0.3, -0.25) is 14.1 Å². The Labute approximate surface area is 218 Å². The summed E-state index contributed by atoms with van der Waals surface area (Å²) in [4.78, 5) is 25.7. The van der Waals surface area contributed by atoms with Crippen LogP contribution in [0.15, 0.2) is 52.5 Å². The van der Waals surface area contributed by atoms with E-state index >= 15 is 0 Å². The van der Waals surface area contributed by atoms with Crippen molar-refractivity contribution in [2.45, 2.75) is 33.4 Å². The highest BCUT2D eigenvalue weighted by atomic mass is 35.5. The van der Waals surface area contributed by atoms with Crippen LogP contribution in [0.4, 0.5) is 15.8 Å². The molecule has 1 unspecified atom stereocenters. The third-order valence-electron chi connectivity index (χ3n) is 5.80. The Balaban J connectivity index is 1.74. The first-order chi connectivity index (χ1) is 17.0. The van der Waals surface area contributed by atoms with E-state index in [-0.39, 0.29) is 45.4 Å². The molecule has 0 aliphatic carbocycles. The number of hydrogen-bond donors (Lipinski definition) is 4. The zero-order chi connectivity index (χ0) is 27.5. The van der Waals surface area contributed by atoms with Crippen LogP contribution in [0.25, 0.3) is 0 Å². The van der Waals surface area contributed by atoms with Gasteiger partial charge < -0.3 is 20.2 Å². The van der Waals surface area contributed by atoms with Crippen LogP contribution in [0.2, 0.25) is 5.02 Å². The van der Waals surface area contributed by atoms with E-state index in [1.165, 1.54) is 41.3 Å². The number of fused-ring (bicyclic) bond motifs is 1. The fourth-order valence-electron chi connectivity index (χ4n) is 4.36. The number of benzene rings is 2. The highest BCUT2D eigenvalue weighted by Gasteiger charge is 2.48. The van der Waals surface area contributed by atoms with Gasteiger partial charge >= 0.3 is 7.52 Å². The summed E-state index contributed by atoms with van der Waals surface area (Å²) in [5.74, 6) is -1.89. The Morgan fingerprint density at radius 2 is 1.92 bits per heavy atom. The minimum absolute atomic E-state index is 0.0183. The number of aliphatic hydroxyl groups excluding tert-OH is 1. The Bertz CT molecular complexity index is 1540. The maximum atomic E-state index is 13.7. The third kappa shape index (κ3) is 5.38. The molecule has 0 saturated carbocycles. The number of anilines is 2. The fraction of sp³-hybridized carbons (Fsp3) is 0.304. The van der Waals surface area contributed by atoms with E-state index in [2.05, 4.69) is 14.8 Å². The Morgan fingerprint density at radius 3 is 2.51 bits per heavy atom. The van der Waals surface area contributed by atoms with Gasteiger partial charge in [-0.15, -0.1) is 0 Å². The van der Waals surface area contributed by atoms with Crippen molar-refractivity contribution in [3.8, 4) is 0 Å². The first-order valence-corrected chi connectivity index (χ1v) is 14.9. The van der Waals surface area contributed by atoms with E-state index in [1.807, 2.05) is 20.8 Å². The summed E-state index contributed by atoms with van der Waals surface area (Å²) in [5, 5.41) is 13.7. The van der Waals surface area contributed by atoms with Gasteiger partial charge in [0.15, 0.2) is 5.84 Å². The summed E-state index contributed by atoms with van der Waals surface area (Å²) in [7, 11) is -8.11. The fourth-order valence-corrected chi connectivity index (χ4v) is 6.40. The topological polar surface area (TPSA) is 148 Å². The minimum Gasteiger partial charge on any atom is -0.509 e. The van der Waals surface area contributed by atoms with Gasteiger partial charge in [-0.2, -0.15) is 4.76 Å². The number of carbonyl (C=O) groups is 1. The molecule has 1 amide bonds. The Kier molecular flexibility index (Phi) is 6.69. The van der Waals surface area contributed by atoms with Crippen LogP contribution < -0.4 is 15.3 Å². The summed E-state index contributed by atoms with van der Waals surface area (Å²) in [6.07, 6.45) is 0.942. The molecule has 0 saturated heterocycles. The van der Waals surface area contributed by atoms with Crippen molar-refractivity contribution in [2.75, 3.05) is 16.3 Å². The number of amides is 1. The molecule has 0 bridgehead atoms. The van der Waals surface area contributed by atoms with Crippen LogP contribution in [0, 0.1) is 11.2 Å². The molecule has 198 valence electrons. The Hall–Kier alpha value is -2.92.